The highest BCUT2D eigenvalue weighted by Crippen LogP contribution is 2.27. The average molecular weight is 216 g/mol. The molecule has 1 unspecified atom stereocenters. The minimum absolute atomic E-state index is 0.111. The van der Waals surface area contributed by atoms with Crippen LogP contribution in [0.3, 0.4) is 0 Å². The Kier molecular flexibility index (Phi) is 4.20. The van der Waals surface area contributed by atoms with E-state index in [4.69, 9.17) is 26.8 Å². The Morgan fingerprint density at radius 1 is 1.50 bits per heavy atom. The maximum Gasteiger partial charge on any atom is 0.188 e. The lowest BCUT2D eigenvalue weighted by atomic mass is 10.1. The van der Waals surface area contributed by atoms with E-state index in [0.29, 0.717) is 10.8 Å². The summed E-state index contributed by atoms with van der Waals surface area (Å²) in [4.78, 5) is 0. The molecule has 0 radical (unpaired) electrons. The summed E-state index contributed by atoms with van der Waals surface area (Å²) in [6, 6.07) is 5.25. The summed E-state index contributed by atoms with van der Waals surface area (Å²) in [5.74, 6) is 0.714. The predicted molar refractivity (Wildman–Crippen MR) is 56.6 cm³/mol. The molecular weight excluding hydrogens is 202 g/mol. The number of nitrogens with two attached hydrogens (primary N) is 1. The molecule has 0 saturated heterocycles. The van der Waals surface area contributed by atoms with Crippen molar-refractivity contribution in [1.29, 1.82) is 0 Å². The summed E-state index contributed by atoms with van der Waals surface area (Å²) in [5, 5.41) is 0.655. The fourth-order valence-electron chi connectivity index (χ4n) is 1.13. The molecule has 78 valence electrons. The van der Waals surface area contributed by atoms with Crippen molar-refractivity contribution in [1.82, 2.24) is 0 Å². The second kappa shape index (κ2) is 5.20. The molecule has 0 aliphatic carbocycles. The topological polar surface area (TPSA) is 44.5 Å². The van der Waals surface area contributed by atoms with Crippen LogP contribution < -0.4 is 10.5 Å². The van der Waals surface area contributed by atoms with E-state index in [1.165, 1.54) is 0 Å². The van der Waals surface area contributed by atoms with Crippen molar-refractivity contribution < 1.29 is 9.47 Å². The van der Waals surface area contributed by atoms with Gasteiger partial charge in [-0.25, -0.2) is 0 Å². The number of ether oxygens (including phenoxy) is 2. The molecule has 0 aliphatic rings. The van der Waals surface area contributed by atoms with Crippen molar-refractivity contribution in [3.05, 3.63) is 28.8 Å². The molecule has 0 bridgehead atoms. The minimum Gasteiger partial charge on any atom is -0.467 e. The number of methoxy groups -OCH3 is 1. The maximum absolute atomic E-state index is 5.85. The van der Waals surface area contributed by atoms with Crippen LogP contribution in [0.5, 0.6) is 5.75 Å². The molecule has 1 rings (SSSR count). The van der Waals surface area contributed by atoms with Crippen LogP contribution in [0.25, 0.3) is 0 Å². The Morgan fingerprint density at radius 3 is 2.79 bits per heavy atom. The van der Waals surface area contributed by atoms with Gasteiger partial charge in [0.2, 0.25) is 0 Å². The molecule has 2 N–H and O–H groups in total. The van der Waals surface area contributed by atoms with Gasteiger partial charge in [0, 0.05) is 23.7 Å². The fourth-order valence-corrected chi connectivity index (χ4v) is 1.31. The van der Waals surface area contributed by atoms with Crippen molar-refractivity contribution in [3.8, 4) is 5.75 Å². The maximum atomic E-state index is 5.85. The van der Waals surface area contributed by atoms with Crippen molar-refractivity contribution in [2.75, 3.05) is 13.9 Å². The monoisotopic (exact) mass is 215 g/mol. The molecule has 4 heteroatoms. The van der Waals surface area contributed by atoms with Gasteiger partial charge in [0.1, 0.15) is 5.75 Å². The van der Waals surface area contributed by atoms with Gasteiger partial charge in [-0.15, -0.1) is 0 Å². The molecule has 0 aromatic heterocycles. The Hall–Kier alpha value is -0.770. The zero-order valence-electron chi connectivity index (χ0n) is 8.29. The van der Waals surface area contributed by atoms with Crippen LogP contribution in [0.1, 0.15) is 18.5 Å². The minimum atomic E-state index is -0.111. The molecule has 0 amide bonds. The highest BCUT2D eigenvalue weighted by atomic mass is 35.5. The number of halogens is 1. The van der Waals surface area contributed by atoms with Gasteiger partial charge in [0.15, 0.2) is 6.79 Å². The second-order valence-electron chi connectivity index (χ2n) is 3.02. The van der Waals surface area contributed by atoms with Crippen molar-refractivity contribution in [2.24, 2.45) is 5.73 Å². The first-order chi connectivity index (χ1) is 6.65. The summed E-state index contributed by atoms with van der Waals surface area (Å²) in [5.41, 5.74) is 6.66. The van der Waals surface area contributed by atoms with E-state index >= 15 is 0 Å². The van der Waals surface area contributed by atoms with Gasteiger partial charge in [-0.1, -0.05) is 11.6 Å². The highest BCUT2D eigenvalue weighted by Gasteiger charge is 2.08. The largest absolute Gasteiger partial charge is 0.467 e. The lowest BCUT2D eigenvalue weighted by Crippen LogP contribution is -2.09. The summed E-state index contributed by atoms with van der Waals surface area (Å²) >= 11 is 5.85. The van der Waals surface area contributed by atoms with Crippen LogP contribution in [0.15, 0.2) is 18.2 Å². The zero-order chi connectivity index (χ0) is 10.6. The highest BCUT2D eigenvalue weighted by molar-refractivity contribution is 6.30. The summed E-state index contributed by atoms with van der Waals surface area (Å²) < 4.78 is 10.2. The molecule has 0 saturated carbocycles. The van der Waals surface area contributed by atoms with Crippen LogP contribution >= 0.6 is 11.6 Å². The summed E-state index contributed by atoms with van der Waals surface area (Å²) in [6.45, 7) is 2.09. The van der Waals surface area contributed by atoms with E-state index in [1.807, 2.05) is 6.92 Å². The third-order valence-corrected chi connectivity index (χ3v) is 2.03. The average Bonchev–Trinajstić information content (AvgIpc) is 2.15. The van der Waals surface area contributed by atoms with Crippen molar-refractivity contribution in [2.45, 2.75) is 13.0 Å². The summed E-state index contributed by atoms with van der Waals surface area (Å²) in [6.07, 6.45) is 0. The van der Waals surface area contributed by atoms with E-state index in [-0.39, 0.29) is 12.8 Å². The van der Waals surface area contributed by atoms with E-state index in [2.05, 4.69) is 0 Å². The van der Waals surface area contributed by atoms with Crippen LogP contribution in [0, 0.1) is 0 Å². The van der Waals surface area contributed by atoms with Crippen LogP contribution in [0.2, 0.25) is 5.02 Å². The third kappa shape index (κ3) is 2.87. The number of rotatable bonds is 4. The van der Waals surface area contributed by atoms with Crippen LogP contribution in [-0.2, 0) is 4.74 Å². The van der Waals surface area contributed by atoms with Gasteiger partial charge < -0.3 is 15.2 Å². The normalized spacial score (nSPS) is 12.6. The molecule has 0 aliphatic heterocycles. The van der Waals surface area contributed by atoms with Gasteiger partial charge in [0.05, 0.1) is 0 Å². The first kappa shape index (κ1) is 11.3. The fraction of sp³-hybridized carbons (Fsp3) is 0.400. The van der Waals surface area contributed by atoms with E-state index in [0.717, 1.165) is 5.56 Å². The van der Waals surface area contributed by atoms with E-state index < -0.39 is 0 Å². The Morgan fingerprint density at radius 2 is 2.21 bits per heavy atom. The molecule has 3 nitrogen and oxygen atoms in total. The molecule has 0 fully saturated rings. The smallest absolute Gasteiger partial charge is 0.188 e. The van der Waals surface area contributed by atoms with Crippen LogP contribution in [-0.4, -0.2) is 13.9 Å². The molecule has 14 heavy (non-hydrogen) atoms. The van der Waals surface area contributed by atoms with E-state index in [9.17, 15) is 0 Å². The summed E-state index contributed by atoms with van der Waals surface area (Å²) in [7, 11) is 1.57. The Bertz CT molecular complexity index is 302. The standard InChI is InChI=1S/C10H14ClNO2/c1-7(12)9-5-8(11)3-4-10(9)14-6-13-2/h3-5,7H,6,12H2,1-2H3. The Labute approximate surface area is 88.8 Å². The molecule has 0 heterocycles. The Balaban J connectivity index is 2.90. The number of hydrogen-bond acceptors (Lipinski definition) is 3. The van der Waals surface area contributed by atoms with Gasteiger partial charge in [-0.3, -0.25) is 0 Å². The SMILES string of the molecule is COCOc1ccc(Cl)cc1C(C)N. The molecule has 1 aromatic carbocycles. The molecule has 1 atom stereocenters. The van der Waals surface area contributed by atoms with Crippen molar-refractivity contribution >= 4 is 11.6 Å². The lowest BCUT2D eigenvalue weighted by molar-refractivity contribution is 0.0502. The van der Waals surface area contributed by atoms with E-state index in [1.54, 1.807) is 25.3 Å². The lowest BCUT2D eigenvalue weighted by Gasteiger charge is -2.13. The van der Waals surface area contributed by atoms with Crippen LogP contribution in [0.4, 0.5) is 0 Å². The molecule has 1 aromatic rings. The first-order valence-corrected chi connectivity index (χ1v) is 4.69. The predicted octanol–water partition coefficient (Wildman–Crippen LogP) is 2.34. The first-order valence-electron chi connectivity index (χ1n) is 4.32. The van der Waals surface area contributed by atoms with Gasteiger partial charge in [0.25, 0.3) is 0 Å². The number of benzene rings is 1. The van der Waals surface area contributed by atoms with Gasteiger partial charge in [-0.2, -0.15) is 0 Å². The zero-order valence-corrected chi connectivity index (χ0v) is 9.04. The van der Waals surface area contributed by atoms with Gasteiger partial charge >= 0.3 is 0 Å². The van der Waals surface area contributed by atoms with Gasteiger partial charge in [-0.05, 0) is 25.1 Å². The second-order valence-corrected chi connectivity index (χ2v) is 3.46. The quantitative estimate of drug-likeness (QED) is 0.785. The van der Waals surface area contributed by atoms with Crippen molar-refractivity contribution in [3.63, 3.8) is 0 Å². The molecule has 0 spiro atoms. The third-order valence-electron chi connectivity index (χ3n) is 1.79. The number of hydrogen-bond donors (Lipinski definition) is 1. The molecular formula is C10H14ClNO2.